The summed E-state index contributed by atoms with van der Waals surface area (Å²) < 4.78 is 0. The van der Waals surface area contributed by atoms with Crippen molar-refractivity contribution in [2.75, 3.05) is 18.9 Å². The first-order valence-electron chi connectivity index (χ1n) is 7.27. The number of carboxylic acids is 1. The molecule has 0 spiro atoms. The molecule has 4 N–H and O–H groups in total. The van der Waals surface area contributed by atoms with Crippen molar-refractivity contribution in [1.29, 1.82) is 5.41 Å². The molecule has 0 radical (unpaired) electrons. The number of amidine groups is 1. The lowest BCUT2D eigenvalue weighted by Gasteiger charge is -2.36. The summed E-state index contributed by atoms with van der Waals surface area (Å²) in [5.74, 6) is -1.18. The highest BCUT2D eigenvalue weighted by Crippen LogP contribution is 2.15. The molecule has 0 aliphatic carbocycles. The molecule has 9 heteroatoms. The summed E-state index contributed by atoms with van der Waals surface area (Å²) in [6.07, 6.45) is 1.68. The Bertz CT molecular complexity index is 755. The molecular weight excluding hydrogens is 312 g/mol. The van der Waals surface area contributed by atoms with E-state index in [9.17, 15) is 9.59 Å². The average molecular weight is 328 g/mol. The monoisotopic (exact) mass is 328 g/mol. The molecule has 9 nitrogen and oxygen atoms in total. The Morgan fingerprint density at radius 1 is 1.42 bits per heavy atom. The third kappa shape index (κ3) is 3.01. The summed E-state index contributed by atoms with van der Waals surface area (Å²) in [7, 11) is 1.79. The summed E-state index contributed by atoms with van der Waals surface area (Å²) in [5, 5.41) is 21.9. The number of guanidine groups is 1. The third-order valence-electron chi connectivity index (χ3n) is 3.92. The number of likely N-dealkylation sites (N-methyl/N-ethyl adjacent to an activating group) is 1. The second-order valence-corrected chi connectivity index (χ2v) is 5.48. The molecule has 1 unspecified atom stereocenters. The van der Waals surface area contributed by atoms with E-state index in [1.807, 2.05) is 4.90 Å². The molecule has 0 saturated carbocycles. The van der Waals surface area contributed by atoms with Gasteiger partial charge in [0.15, 0.2) is 11.9 Å². The highest BCUT2D eigenvalue weighted by Gasteiger charge is 2.38. The van der Waals surface area contributed by atoms with Crippen molar-refractivity contribution in [3.05, 3.63) is 29.8 Å². The number of aromatic carboxylic acids is 1. The number of hydrogen-bond acceptors (Lipinski definition) is 6. The lowest BCUT2D eigenvalue weighted by Crippen LogP contribution is -2.60. The maximum absolute atomic E-state index is 12.0. The molecular formula is C15H16N6O3. The number of carbonyl (C=O) groups is 2. The second-order valence-electron chi connectivity index (χ2n) is 5.48. The van der Waals surface area contributed by atoms with Gasteiger partial charge in [0.05, 0.1) is 11.6 Å². The largest absolute Gasteiger partial charge is 0.478 e. The van der Waals surface area contributed by atoms with Crippen molar-refractivity contribution >= 4 is 35.6 Å². The molecule has 1 aromatic rings. The number of benzene rings is 1. The predicted molar refractivity (Wildman–Crippen MR) is 89.0 cm³/mol. The van der Waals surface area contributed by atoms with Crippen LogP contribution in [-0.4, -0.2) is 65.6 Å². The second kappa shape index (κ2) is 6.20. The van der Waals surface area contributed by atoms with Gasteiger partial charge in [0, 0.05) is 18.4 Å². The smallest absolute Gasteiger partial charge is 0.335 e. The highest BCUT2D eigenvalue weighted by molar-refractivity contribution is 6.21. The molecule has 2 aliphatic heterocycles. The van der Waals surface area contributed by atoms with Gasteiger partial charge in [-0.2, -0.15) is 4.99 Å². The van der Waals surface area contributed by atoms with Crippen LogP contribution in [0.4, 0.5) is 5.69 Å². The number of hydrogen-bond donors (Lipinski definition) is 4. The van der Waals surface area contributed by atoms with Crippen molar-refractivity contribution in [2.45, 2.75) is 12.1 Å². The molecule has 0 fully saturated rings. The van der Waals surface area contributed by atoms with E-state index < -0.39 is 12.0 Å². The number of nitrogens with one attached hydrogen (secondary N) is 3. The molecule has 3 rings (SSSR count). The Morgan fingerprint density at radius 2 is 2.12 bits per heavy atom. The van der Waals surface area contributed by atoms with Crippen molar-refractivity contribution in [3.8, 4) is 0 Å². The van der Waals surface area contributed by atoms with E-state index in [4.69, 9.17) is 10.5 Å². The number of fused-ring (bicyclic) bond motifs is 1. The van der Waals surface area contributed by atoms with E-state index in [0.29, 0.717) is 12.4 Å². The maximum Gasteiger partial charge on any atom is 0.335 e. The van der Waals surface area contributed by atoms with E-state index in [1.165, 1.54) is 12.1 Å². The lowest BCUT2D eigenvalue weighted by atomic mass is 10.1. The van der Waals surface area contributed by atoms with Gasteiger partial charge in [0.25, 0.3) is 5.91 Å². The van der Waals surface area contributed by atoms with Crippen LogP contribution in [0, 0.1) is 5.41 Å². The Morgan fingerprint density at radius 3 is 2.79 bits per heavy atom. The minimum atomic E-state index is -0.971. The van der Waals surface area contributed by atoms with Gasteiger partial charge >= 0.3 is 5.97 Å². The van der Waals surface area contributed by atoms with E-state index >= 15 is 0 Å². The Hall–Kier alpha value is -3.07. The number of rotatable bonds is 4. The Labute approximate surface area is 137 Å². The summed E-state index contributed by atoms with van der Waals surface area (Å²) >= 11 is 0. The zero-order valence-electron chi connectivity index (χ0n) is 12.9. The third-order valence-corrected chi connectivity index (χ3v) is 3.92. The van der Waals surface area contributed by atoms with Crippen LogP contribution in [0.15, 0.2) is 34.3 Å². The van der Waals surface area contributed by atoms with E-state index in [0.717, 1.165) is 5.69 Å². The fraction of sp³-hybridized carbons (Fsp3) is 0.267. The molecule has 1 amide bonds. The number of amides is 1. The molecule has 2 heterocycles. The van der Waals surface area contributed by atoms with Crippen LogP contribution in [0.1, 0.15) is 10.4 Å². The normalized spacial score (nSPS) is 23.3. The van der Waals surface area contributed by atoms with Crippen molar-refractivity contribution in [1.82, 2.24) is 10.2 Å². The summed E-state index contributed by atoms with van der Waals surface area (Å²) in [6, 6.07) is 5.65. The van der Waals surface area contributed by atoms with Crippen LogP contribution in [-0.2, 0) is 4.79 Å². The van der Waals surface area contributed by atoms with Gasteiger partial charge in [-0.3, -0.25) is 20.4 Å². The van der Waals surface area contributed by atoms with Crippen LogP contribution < -0.4 is 10.6 Å². The van der Waals surface area contributed by atoms with Gasteiger partial charge in [-0.15, -0.1) is 0 Å². The van der Waals surface area contributed by atoms with Gasteiger partial charge in [0.1, 0.15) is 0 Å². The van der Waals surface area contributed by atoms with Gasteiger partial charge < -0.3 is 10.4 Å². The fourth-order valence-corrected chi connectivity index (χ4v) is 2.58. The number of carbonyl (C=O) groups excluding carboxylic acids is 1. The van der Waals surface area contributed by atoms with Crippen LogP contribution >= 0.6 is 0 Å². The van der Waals surface area contributed by atoms with E-state index in [-0.39, 0.29) is 23.5 Å². The van der Waals surface area contributed by atoms with Gasteiger partial charge in [-0.05, 0) is 31.3 Å². The highest BCUT2D eigenvalue weighted by atomic mass is 16.4. The van der Waals surface area contributed by atoms with E-state index in [2.05, 4.69) is 20.6 Å². The molecule has 2 atom stereocenters. The predicted octanol–water partition coefficient (Wildman–Crippen LogP) is 0.0132. The van der Waals surface area contributed by atoms with Crippen LogP contribution in [0.2, 0.25) is 0 Å². The molecule has 1 aromatic carbocycles. The molecule has 124 valence electrons. The van der Waals surface area contributed by atoms with Crippen molar-refractivity contribution < 1.29 is 14.7 Å². The van der Waals surface area contributed by atoms with Crippen molar-refractivity contribution in [2.24, 2.45) is 9.98 Å². The quantitative estimate of drug-likeness (QED) is 0.619. The Kier molecular flexibility index (Phi) is 4.09. The van der Waals surface area contributed by atoms with Gasteiger partial charge in [-0.1, -0.05) is 0 Å². The number of aliphatic imine (C=N–C) groups is 2. The van der Waals surface area contributed by atoms with Crippen LogP contribution in [0.25, 0.3) is 0 Å². The zero-order valence-corrected chi connectivity index (χ0v) is 12.9. The summed E-state index contributed by atoms with van der Waals surface area (Å²) in [4.78, 5) is 32.8. The molecule has 0 bridgehead atoms. The SMILES string of the molecule is CN1C2C(=O)NC(=N)N=C2N=C[C@@H]1CNc1ccc(C(=O)O)cc1. The first-order chi connectivity index (χ1) is 11.5. The average Bonchev–Trinajstić information content (AvgIpc) is 2.54. The van der Waals surface area contributed by atoms with Crippen LogP contribution in [0.5, 0.6) is 0 Å². The zero-order chi connectivity index (χ0) is 17.3. The minimum absolute atomic E-state index is 0.147. The number of nitrogens with zero attached hydrogens (tertiary/aromatic N) is 3. The van der Waals surface area contributed by atoms with Crippen molar-refractivity contribution in [3.63, 3.8) is 0 Å². The summed E-state index contributed by atoms with van der Waals surface area (Å²) in [6.45, 7) is 0.487. The minimum Gasteiger partial charge on any atom is -0.478 e. The number of anilines is 1. The lowest BCUT2D eigenvalue weighted by molar-refractivity contribution is -0.122. The van der Waals surface area contributed by atoms with Gasteiger partial charge in [-0.25, -0.2) is 9.79 Å². The Balaban J connectivity index is 1.69. The molecule has 0 aromatic heterocycles. The topological polar surface area (TPSA) is 130 Å². The molecule has 24 heavy (non-hydrogen) atoms. The first-order valence-corrected chi connectivity index (χ1v) is 7.27. The maximum atomic E-state index is 12.0. The van der Waals surface area contributed by atoms with Crippen LogP contribution in [0.3, 0.4) is 0 Å². The van der Waals surface area contributed by atoms with E-state index in [1.54, 1.807) is 25.4 Å². The molecule has 2 aliphatic rings. The standard InChI is InChI=1S/C15H16N6O3/c1-21-10(6-17-9-4-2-8(3-5-9)14(23)24)7-18-12-11(21)13(22)20-15(16)19-12/h2-5,7,10-11,17H,6H2,1H3,(H,23,24)(H2,16,20,22)/t10-,11?/m0/s1. The first kappa shape index (κ1) is 15.8. The number of carboxylic acid groups (broad SMARTS) is 1. The van der Waals surface area contributed by atoms with Gasteiger partial charge in [0.2, 0.25) is 5.96 Å². The molecule has 0 saturated heterocycles. The summed E-state index contributed by atoms with van der Waals surface area (Å²) in [5.41, 5.74) is 0.996. The fourth-order valence-electron chi connectivity index (χ4n) is 2.58.